The summed E-state index contributed by atoms with van der Waals surface area (Å²) in [6.07, 6.45) is 3.33. The molecule has 0 spiro atoms. The van der Waals surface area contributed by atoms with E-state index in [4.69, 9.17) is 4.74 Å². The Balaban J connectivity index is 0.00000289. The van der Waals surface area contributed by atoms with E-state index in [0.29, 0.717) is 28.8 Å². The van der Waals surface area contributed by atoms with Crippen molar-refractivity contribution in [2.24, 2.45) is 0 Å². The van der Waals surface area contributed by atoms with Gasteiger partial charge in [-0.05, 0) is 31.5 Å². The smallest absolute Gasteiger partial charge is 0.387 e. The van der Waals surface area contributed by atoms with Crippen LogP contribution < -0.4 is 10.4 Å². The number of hydrogen-bond acceptors (Lipinski definition) is 7. The highest BCUT2D eigenvalue weighted by Gasteiger charge is 2.23. The van der Waals surface area contributed by atoms with Gasteiger partial charge < -0.3 is 9.47 Å². The summed E-state index contributed by atoms with van der Waals surface area (Å²) in [5.74, 6) is 0.00316. The molecule has 0 unspecified atom stereocenters. The van der Waals surface area contributed by atoms with Crippen LogP contribution in [0.3, 0.4) is 0 Å². The summed E-state index contributed by atoms with van der Waals surface area (Å²) < 4.78 is 38.8. The van der Waals surface area contributed by atoms with Crippen LogP contribution in [-0.4, -0.2) is 61.0 Å². The van der Waals surface area contributed by atoms with E-state index in [1.807, 2.05) is 6.07 Å². The van der Waals surface area contributed by atoms with Gasteiger partial charge in [0.1, 0.15) is 17.7 Å². The van der Waals surface area contributed by atoms with Gasteiger partial charge in [0.15, 0.2) is 5.65 Å². The molecule has 11 heteroatoms. The van der Waals surface area contributed by atoms with E-state index >= 15 is 0 Å². The van der Waals surface area contributed by atoms with E-state index in [1.54, 1.807) is 24.4 Å². The first-order valence-corrected chi connectivity index (χ1v) is 11.0. The zero-order valence-electron chi connectivity index (χ0n) is 18.8. The first kappa shape index (κ1) is 24.7. The lowest BCUT2D eigenvalue weighted by Gasteiger charge is -2.35. The number of ether oxygens (including phenoxy) is 2. The van der Waals surface area contributed by atoms with Gasteiger partial charge in [0.2, 0.25) is 0 Å². The molecule has 4 aromatic rings. The molecule has 4 heterocycles. The van der Waals surface area contributed by atoms with Crippen LogP contribution in [-0.2, 0) is 17.8 Å². The Labute approximate surface area is 200 Å². The predicted molar refractivity (Wildman–Crippen MR) is 127 cm³/mol. The van der Waals surface area contributed by atoms with Crippen molar-refractivity contribution in [2.75, 3.05) is 13.1 Å². The highest BCUT2D eigenvalue weighted by molar-refractivity contribution is 5.89. The topological polar surface area (TPSA) is 86.8 Å². The molecule has 0 N–H and O–H groups in total. The molecule has 0 saturated carbocycles. The Morgan fingerprint density at radius 1 is 1.11 bits per heavy atom. The lowest BCUT2D eigenvalue weighted by molar-refractivity contribution is -0.0705. The van der Waals surface area contributed by atoms with Crippen LogP contribution >= 0.6 is 0 Å². The minimum atomic E-state index is -2.97. The third kappa shape index (κ3) is 5.01. The van der Waals surface area contributed by atoms with Crippen LogP contribution in [0.1, 0.15) is 32.4 Å². The Kier molecular flexibility index (Phi) is 7.08. The minimum absolute atomic E-state index is 0. The lowest BCUT2D eigenvalue weighted by Crippen LogP contribution is -2.44. The number of aromatic nitrogens is 5. The standard InChI is InChI=1S/C23H24F2N6O3.CH4/c1-14-9-29(10-15(2)33-14)11-16-7-18-20(26-8-16)30(23(32)31-21(18)27-13-28-31)12-17-5-3-4-6-19(17)34-22(24)25;/h3-8,13-15,22H,9-12H2,1-2H3;1H4/t14-,15+;. The molecule has 1 fully saturated rings. The second kappa shape index (κ2) is 10.0. The molecule has 35 heavy (non-hydrogen) atoms. The lowest BCUT2D eigenvalue weighted by atomic mass is 10.1. The van der Waals surface area contributed by atoms with Crippen LogP contribution in [0.5, 0.6) is 5.75 Å². The normalized spacial score (nSPS) is 18.8. The summed E-state index contributed by atoms with van der Waals surface area (Å²) in [5, 5.41) is 4.72. The average molecular weight is 487 g/mol. The van der Waals surface area contributed by atoms with Crippen LogP contribution in [0.15, 0.2) is 47.7 Å². The number of para-hydroxylation sites is 1. The third-order valence-corrected chi connectivity index (χ3v) is 5.80. The van der Waals surface area contributed by atoms with Crippen molar-refractivity contribution >= 4 is 16.7 Å². The average Bonchev–Trinajstić information content (AvgIpc) is 3.27. The van der Waals surface area contributed by atoms with E-state index in [1.165, 1.54) is 21.5 Å². The molecule has 3 aromatic heterocycles. The number of nitrogens with zero attached hydrogens (tertiary/aromatic N) is 6. The number of fused-ring (bicyclic) bond motifs is 3. The zero-order valence-corrected chi connectivity index (χ0v) is 18.8. The maximum atomic E-state index is 13.2. The number of halogens is 2. The zero-order chi connectivity index (χ0) is 23.8. The molecule has 0 radical (unpaired) electrons. The quantitative estimate of drug-likeness (QED) is 0.413. The van der Waals surface area contributed by atoms with Crippen molar-refractivity contribution < 1.29 is 18.3 Å². The number of benzene rings is 1. The number of hydrogen-bond donors (Lipinski definition) is 0. The molecule has 5 rings (SSSR count). The van der Waals surface area contributed by atoms with Gasteiger partial charge in [0.25, 0.3) is 0 Å². The van der Waals surface area contributed by atoms with Crippen molar-refractivity contribution in [1.29, 1.82) is 0 Å². The molecule has 2 atom stereocenters. The maximum Gasteiger partial charge on any atom is 0.387 e. The van der Waals surface area contributed by atoms with Gasteiger partial charge in [-0.25, -0.2) is 14.8 Å². The predicted octanol–water partition coefficient (Wildman–Crippen LogP) is 3.33. The molecular weight excluding hydrogens is 458 g/mol. The number of morpholine rings is 1. The third-order valence-electron chi connectivity index (χ3n) is 5.80. The fourth-order valence-electron chi connectivity index (χ4n) is 4.57. The summed E-state index contributed by atoms with van der Waals surface area (Å²) in [7, 11) is 0. The van der Waals surface area contributed by atoms with Gasteiger partial charge in [0, 0.05) is 31.4 Å². The fraction of sp³-hybridized carbons (Fsp3) is 0.417. The maximum absolute atomic E-state index is 13.2. The van der Waals surface area contributed by atoms with Gasteiger partial charge in [-0.3, -0.25) is 9.47 Å². The SMILES string of the molecule is C.C[C@@H]1CN(Cc2cnc3c(c2)c2ncnn2c(=O)n3Cc2ccccc2OC(F)F)C[C@H](C)O1. The Hall–Kier alpha value is -3.44. The molecular formula is C24H28F2N6O3. The first-order chi connectivity index (χ1) is 16.4. The highest BCUT2D eigenvalue weighted by atomic mass is 19.3. The number of alkyl halides is 2. The van der Waals surface area contributed by atoms with Crippen molar-refractivity contribution in [1.82, 2.24) is 29.0 Å². The Morgan fingerprint density at radius 2 is 1.86 bits per heavy atom. The number of rotatable bonds is 6. The summed E-state index contributed by atoms with van der Waals surface area (Å²) in [4.78, 5) is 24.4. The molecule has 1 aromatic carbocycles. The van der Waals surface area contributed by atoms with Crippen molar-refractivity contribution in [2.45, 2.75) is 53.2 Å². The molecule has 1 saturated heterocycles. The largest absolute Gasteiger partial charge is 0.434 e. The monoisotopic (exact) mass is 486 g/mol. The molecule has 0 aliphatic carbocycles. The molecule has 0 bridgehead atoms. The summed E-state index contributed by atoms with van der Waals surface area (Å²) in [5.41, 5.74) is 1.71. The van der Waals surface area contributed by atoms with E-state index in [2.05, 4.69) is 38.6 Å². The Morgan fingerprint density at radius 3 is 2.60 bits per heavy atom. The molecule has 1 aliphatic rings. The summed E-state index contributed by atoms with van der Waals surface area (Å²) in [6.45, 7) is 3.40. The second-order valence-corrected chi connectivity index (χ2v) is 8.52. The fourth-order valence-corrected chi connectivity index (χ4v) is 4.57. The molecule has 0 amide bonds. The first-order valence-electron chi connectivity index (χ1n) is 11.0. The van der Waals surface area contributed by atoms with Gasteiger partial charge >= 0.3 is 12.3 Å². The van der Waals surface area contributed by atoms with E-state index in [-0.39, 0.29) is 31.9 Å². The van der Waals surface area contributed by atoms with Crippen LogP contribution in [0.2, 0.25) is 0 Å². The van der Waals surface area contributed by atoms with Crippen molar-refractivity contribution in [3.8, 4) is 5.75 Å². The second-order valence-electron chi connectivity index (χ2n) is 8.52. The summed E-state index contributed by atoms with van der Waals surface area (Å²) in [6, 6.07) is 8.33. The Bertz CT molecular complexity index is 1380. The van der Waals surface area contributed by atoms with E-state index in [9.17, 15) is 13.6 Å². The molecule has 9 nitrogen and oxygen atoms in total. The number of pyridine rings is 1. The van der Waals surface area contributed by atoms with Gasteiger partial charge in [0.05, 0.1) is 24.1 Å². The highest BCUT2D eigenvalue weighted by Crippen LogP contribution is 2.24. The molecule has 1 aliphatic heterocycles. The van der Waals surface area contributed by atoms with Crippen molar-refractivity contribution in [3.05, 3.63) is 64.5 Å². The van der Waals surface area contributed by atoms with E-state index < -0.39 is 12.3 Å². The van der Waals surface area contributed by atoms with Gasteiger partial charge in [-0.2, -0.15) is 18.4 Å². The van der Waals surface area contributed by atoms with Crippen molar-refractivity contribution in [3.63, 3.8) is 0 Å². The van der Waals surface area contributed by atoms with E-state index in [0.717, 1.165) is 18.7 Å². The summed E-state index contributed by atoms with van der Waals surface area (Å²) >= 11 is 0. The minimum Gasteiger partial charge on any atom is -0.434 e. The van der Waals surface area contributed by atoms with Crippen LogP contribution in [0, 0.1) is 0 Å². The van der Waals surface area contributed by atoms with Crippen LogP contribution in [0.25, 0.3) is 16.7 Å². The molecule has 186 valence electrons. The van der Waals surface area contributed by atoms with Crippen LogP contribution in [0.4, 0.5) is 8.78 Å². The van der Waals surface area contributed by atoms with Gasteiger partial charge in [-0.15, -0.1) is 0 Å². The van der Waals surface area contributed by atoms with Gasteiger partial charge in [-0.1, -0.05) is 25.6 Å².